The Morgan fingerprint density at radius 3 is 2.53 bits per heavy atom. The van der Waals surface area contributed by atoms with Gasteiger partial charge in [-0.05, 0) is 17.9 Å². The quantitative estimate of drug-likeness (QED) is 0.812. The molecule has 0 amide bonds. The van der Waals surface area contributed by atoms with Gasteiger partial charge in [0.2, 0.25) is 0 Å². The average molecular weight is 228 g/mol. The van der Waals surface area contributed by atoms with Gasteiger partial charge in [-0.1, -0.05) is 44.2 Å². The third-order valence-electron chi connectivity index (χ3n) is 3.21. The number of carbonyl (C=O) groups is 1. The lowest BCUT2D eigenvalue weighted by Crippen LogP contribution is -2.10. The third-order valence-corrected chi connectivity index (χ3v) is 3.21. The summed E-state index contributed by atoms with van der Waals surface area (Å²) >= 11 is 0. The van der Waals surface area contributed by atoms with E-state index in [2.05, 4.69) is 0 Å². The normalized spacial score (nSPS) is 12.6. The van der Waals surface area contributed by atoms with Gasteiger partial charge in [-0.25, -0.2) is 0 Å². The minimum Gasteiger partial charge on any atom is -0.507 e. The van der Waals surface area contributed by atoms with Crippen LogP contribution in [0, 0.1) is 5.92 Å². The number of aromatic hydroxyl groups is 1. The first-order chi connectivity index (χ1) is 8.15. The van der Waals surface area contributed by atoms with Gasteiger partial charge in [0.1, 0.15) is 5.75 Å². The van der Waals surface area contributed by atoms with E-state index in [9.17, 15) is 9.90 Å². The van der Waals surface area contributed by atoms with Gasteiger partial charge in [0.05, 0.1) is 0 Å². The van der Waals surface area contributed by atoms with Crippen molar-refractivity contribution in [1.82, 2.24) is 0 Å². The molecular formula is C15H16O2. The number of hydrogen-bond donors (Lipinski definition) is 1. The van der Waals surface area contributed by atoms with Crippen molar-refractivity contribution < 1.29 is 9.90 Å². The van der Waals surface area contributed by atoms with Crippen LogP contribution in [0.25, 0.3) is 10.8 Å². The highest BCUT2D eigenvalue weighted by Crippen LogP contribution is 2.29. The Labute approximate surface area is 101 Å². The molecule has 0 heterocycles. The van der Waals surface area contributed by atoms with Crippen molar-refractivity contribution in [3.8, 4) is 5.75 Å². The molecule has 0 unspecified atom stereocenters. The van der Waals surface area contributed by atoms with Gasteiger partial charge in [0.15, 0.2) is 5.78 Å². The maximum atomic E-state index is 12.2. The summed E-state index contributed by atoms with van der Waals surface area (Å²) in [5, 5.41) is 11.5. The van der Waals surface area contributed by atoms with Gasteiger partial charge in [0, 0.05) is 16.9 Å². The fraction of sp³-hybridized carbons (Fsp3) is 0.267. The summed E-state index contributed by atoms with van der Waals surface area (Å²) in [5.41, 5.74) is 0.620. The number of hydrogen-bond acceptors (Lipinski definition) is 2. The first-order valence-electron chi connectivity index (χ1n) is 5.90. The predicted octanol–water partition coefficient (Wildman–Crippen LogP) is 3.77. The monoisotopic (exact) mass is 228 g/mol. The van der Waals surface area contributed by atoms with Gasteiger partial charge in [-0.15, -0.1) is 0 Å². The predicted molar refractivity (Wildman–Crippen MR) is 69.4 cm³/mol. The molecule has 2 nitrogen and oxygen atoms in total. The molecule has 17 heavy (non-hydrogen) atoms. The average Bonchev–Trinajstić information content (AvgIpc) is 2.36. The minimum absolute atomic E-state index is 0.0137. The van der Waals surface area contributed by atoms with Crippen LogP contribution in [-0.4, -0.2) is 10.9 Å². The number of ketones is 1. The molecule has 0 bridgehead atoms. The van der Waals surface area contributed by atoms with E-state index in [-0.39, 0.29) is 17.5 Å². The van der Waals surface area contributed by atoms with E-state index in [1.807, 2.05) is 32.0 Å². The highest BCUT2D eigenvalue weighted by Gasteiger charge is 2.17. The lowest BCUT2D eigenvalue weighted by Gasteiger charge is -2.11. The van der Waals surface area contributed by atoms with Crippen molar-refractivity contribution in [3.63, 3.8) is 0 Å². The molecule has 0 saturated carbocycles. The fourth-order valence-corrected chi connectivity index (χ4v) is 1.98. The van der Waals surface area contributed by atoms with Crippen LogP contribution in [0.4, 0.5) is 0 Å². The van der Waals surface area contributed by atoms with Crippen LogP contribution in [0.5, 0.6) is 5.75 Å². The van der Waals surface area contributed by atoms with Crippen molar-refractivity contribution in [1.29, 1.82) is 0 Å². The molecule has 2 aromatic rings. The molecule has 0 aliphatic heterocycles. The lowest BCUT2D eigenvalue weighted by molar-refractivity contribution is 0.0928. The van der Waals surface area contributed by atoms with E-state index in [1.165, 1.54) is 0 Å². The largest absolute Gasteiger partial charge is 0.507 e. The van der Waals surface area contributed by atoms with Crippen LogP contribution in [-0.2, 0) is 0 Å². The number of rotatable bonds is 3. The Morgan fingerprint density at radius 2 is 1.88 bits per heavy atom. The van der Waals surface area contributed by atoms with E-state index in [4.69, 9.17) is 0 Å². The Bertz CT molecular complexity index is 553. The number of carbonyl (C=O) groups excluding carboxylic acids is 1. The second-order valence-corrected chi connectivity index (χ2v) is 4.35. The molecule has 0 spiro atoms. The maximum Gasteiger partial charge on any atom is 0.166 e. The highest BCUT2D eigenvalue weighted by molar-refractivity contribution is 6.10. The van der Waals surface area contributed by atoms with Crippen LogP contribution in [0.3, 0.4) is 0 Å². The van der Waals surface area contributed by atoms with Crippen LogP contribution < -0.4 is 0 Å². The molecule has 2 aromatic carbocycles. The molecule has 2 rings (SSSR count). The van der Waals surface area contributed by atoms with E-state index < -0.39 is 0 Å². The summed E-state index contributed by atoms with van der Waals surface area (Å²) in [6, 6.07) is 10.9. The van der Waals surface area contributed by atoms with Crippen molar-refractivity contribution in [2.75, 3.05) is 0 Å². The zero-order valence-electron chi connectivity index (χ0n) is 10.1. The summed E-state index contributed by atoms with van der Waals surface area (Å²) in [7, 11) is 0. The Kier molecular flexibility index (Phi) is 3.14. The Balaban J connectivity index is 2.66. The molecule has 0 aromatic heterocycles. The summed E-state index contributed by atoms with van der Waals surface area (Å²) in [5.74, 6) is 0.259. The van der Waals surface area contributed by atoms with Crippen molar-refractivity contribution in [3.05, 3.63) is 42.0 Å². The van der Waals surface area contributed by atoms with Crippen molar-refractivity contribution >= 4 is 16.6 Å². The molecule has 0 aliphatic rings. The fourth-order valence-electron chi connectivity index (χ4n) is 1.98. The molecule has 0 radical (unpaired) electrons. The number of phenolic OH excluding ortho intramolecular Hbond substituents is 1. The topological polar surface area (TPSA) is 37.3 Å². The van der Waals surface area contributed by atoms with Crippen molar-refractivity contribution in [2.45, 2.75) is 20.3 Å². The molecule has 88 valence electrons. The molecule has 1 N–H and O–H groups in total. The van der Waals surface area contributed by atoms with Gasteiger partial charge in [-0.3, -0.25) is 4.79 Å². The first kappa shape index (κ1) is 11.6. The van der Waals surface area contributed by atoms with Crippen LogP contribution in [0.1, 0.15) is 30.6 Å². The summed E-state index contributed by atoms with van der Waals surface area (Å²) in [6.07, 6.45) is 0.808. The van der Waals surface area contributed by atoms with Crippen LogP contribution in [0.2, 0.25) is 0 Å². The van der Waals surface area contributed by atoms with Crippen molar-refractivity contribution in [2.24, 2.45) is 5.92 Å². The van der Waals surface area contributed by atoms with Crippen LogP contribution in [0.15, 0.2) is 36.4 Å². The third kappa shape index (κ3) is 2.03. The van der Waals surface area contributed by atoms with Gasteiger partial charge in [-0.2, -0.15) is 0 Å². The molecule has 1 atom stereocenters. The molecule has 0 fully saturated rings. The Hall–Kier alpha value is -1.83. The Morgan fingerprint density at radius 1 is 1.24 bits per heavy atom. The van der Waals surface area contributed by atoms with Crippen LogP contribution >= 0.6 is 0 Å². The zero-order valence-corrected chi connectivity index (χ0v) is 10.1. The lowest BCUT2D eigenvalue weighted by atomic mass is 9.93. The number of Topliss-reactive ketones (excluding diaryl/α,β-unsaturated/α-hetero) is 1. The van der Waals surface area contributed by atoms with Gasteiger partial charge < -0.3 is 5.11 Å². The van der Waals surface area contributed by atoms with Gasteiger partial charge in [0.25, 0.3) is 0 Å². The highest BCUT2D eigenvalue weighted by atomic mass is 16.3. The number of fused-ring (bicyclic) bond motifs is 1. The van der Waals surface area contributed by atoms with E-state index in [0.29, 0.717) is 10.9 Å². The van der Waals surface area contributed by atoms with E-state index in [1.54, 1.807) is 18.2 Å². The second kappa shape index (κ2) is 4.58. The standard InChI is InChI=1S/C15H16O2/c1-3-10(2)15(17)12-8-4-6-11-7-5-9-13(16)14(11)12/h4-10,16H,3H2,1-2H3/t10-/m1/s1. The molecule has 2 heteroatoms. The number of phenols is 1. The van der Waals surface area contributed by atoms with E-state index in [0.717, 1.165) is 11.8 Å². The first-order valence-corrected chi connectivity index (χ1v) is 5.90. The van der Waals surface area contributed by atoms with Gasteiger partial charge >= 0.3 is 0 Å². The summed E-state index contributed by atoms with van der Waals surface area (Å²) in [6.45, 7) is 3.91. The molecule has 0 saturated heterocycles. The maximum absolute atomic E-state index is 12.2. The molecule has 0 aliphatic carbocycles. The van der Waals surface area contributed by atoms with E-state index >= 15 is 0 Å². The minimum atomic E-state index is -0.0137. The smallest absolute Gasteiger partial charge is 0.166 e. The summed E-state index contributed by atoms with van der Waals surface area (Å²) < 4.78 is 0. The second-order valence-electron chi connectivity index (χ2n) is 4.35. The SMILES string of the molecule is CC[C@@H](C)C(=O)c1cccc2cccc(O)c12. The zero-order chi connectivity index (χ0) is 12.4. The number of benzene rings is 2. The molecular weight excluding hydrogens is 212 g/mol. The summed E-state index contributed by atoms with van der Waals surface area (Å²) in [4.78, 5) is 12.2.